The summed E-state index contributed by atoms with van der Waals surface area (Å²) in [4.78, 5) is 23.3. The molecule has 0 radical (unpaired) electrons. The molecule has 2 aromatic heterocycles. The van der Waals surface area contributed by atoms with Crippen LogP contribution in [0.25, 0.3) is 0 Å². The maximum absolute atomic E-state index is 11.6. The summed E-state index contributed by atoms with van der Waals surface area (Å²) in [7, 11) is 0. The van der Waals surface area contributed by atoms with E-state index in [9.17, 15) is 9.59 Å². The van der Waals surface area contributed by atoms with Crippen molar-refractivity contribution >= 4 is 56.1 Å². The summed E-state index contributed by atoms with van der Waals surface area (Å²) in [6.45, 7) is 0. The Morgan fingerprint density at radius 2 is 1.26 bits per heavy atom. The van der Waals surface area contributed by atoms with Crippen molar-refractivity contribution in [3.63, 3.8) is 0 Å². The number of amides is 2. The van der Waals surface area contributed by atoms with Gasteiger partial charge in [0.25, 0.3) is 0 Å². The Labute approximate surface area is 172 Å². The van der Waals surface area contributed by atoms with E-state index in [4.69, 9.17) is 8.83 Å². The largest absolute Gasteiger partial charge is 0.448 e. The summed E-state index contributed by atoms with van der Waals surface area (Å²) >= 11 is 6.36. The number of carbonyl (C=O) groups excluding carboxylic acids is 2. The molecule has 10 heteroatoms. The standard InChI is InChI=1S/C17H18Br2N4O4/c18-14-8-6-12(26-14)10-20-22-16(24)4-2-1-3-5-17(25)23-21-11-13-7-9-15(19)27-13/h6-11H,1-5H2,(H,22,24)(H,23,25)/b20-10-,21-11-. The third kappa shape index (κ3) is 8.83. The zero-order chi connectivity index (χ0) is 19.5. The highest BCUT2D eigenvalue weighted by molar-refractivity contribution is 9.10. The molecule has 2 rings (SSSR count). The summed E-state index contributed by atoms with van der Waals surface area (Å²) in [6.07, 6.45) is 5.63. The number of furan rings is 2. The van der Waals surface area contributed by atoms with E-state index in [2.05, 4.69) is 52.9 Å². The monoisotopic (exact) mass is 500 g/mol. The van der Waals surface area contributed by atoms with Crippen molar-refractivity contribution in [2.45, 2.75) is 32.1 Å². The van der Waals surface area contributed by atoms with E-state index in [1.54, 1.807) is 24.3 Å². The molecule has 2 N–H and O–H groups in total. The SMILES string of the molecule is O=C(CCCCCC(=O)N/N=C\c1ccc(Br)o1)N/N=C\c1ccc(Br)o1. The van der Waals surface area contributed by atoms with Crippen molar-refractivity contribution < 1.29 is 18.4 Å². The highest BCUT2D eigenvalue weighted by Gasteiger charge is 2.03. The molecule has 0 atom stereocenters. The first-order valence-electron chi connectivity index (χ1n) is 8.17. The van der Waals surface area contributed by atoms with Crippen LogP contribution in [0.3, 0.4) is 0 Å². The molecule has 0 bridgehead atoms. The summed E-state index contributed by atoms with van der Waals surface area (Å²) in [5.74, 6) is 0.706. The topological polar surface area (TPSA) is 109 Å². The quantitative estimate of drug-likeness (QED) is 0.292. The molecule has 0 spiro atoms. The molecule has 0 aliphatic rings. The normalized spacial score (nSPS) is 11.3. The lowest BCUT2D eigenvalue weighted by molar-refractivity contribution is -0.121. The Morgan fingerprint density at radius 3 is 1.63 bits per heavy atom. The van der Waals surface area contributed by atoms with Crippen LogP contribution in [0, 0.1) is 0 Å². The second-order valence-corrected chi connectivity index (χ2v) is 6.99. The average Bonchev–Trinajstić information content (AvgIpc) is 3.23. The predicted octanol–water partition coefficient (Wildman–Crippen LogP) is 3.95. The lowest BCUT2D eigenvalue weighted by Crippen LogP contribution is -2.18. The molecule has 0 unspecified atom stereocenters. The number of unbranched alkanes of at least 4 members (excludes halogenated alkanes) is 2. The van der Waals surface area contributed by atoms with Gasteiger partial charge in [-0.15, -0.1) is 0 Å². The van der Waals surface area contributed by atoms with Gasteiger partial charge in [-0.3, -0.25) is 9.59 Å². The Morgan fingerprint density at radius 1 is 0.815 bits per heavy atom. The molecule has 27 heavy (non-hydrogen) atoms. The van der Waals surface area contributed by atoms with Crippen LogP contribution >= 0.6 is 31.9 Å². The molecule has 2 aromatic rings. The fraction of sp³-hybridized carbons (Fsp3) is 0.294. The Balaban J connectivity index is 1.50. The van der Waals surface area contributed by atoms with E-state index in [0.717, 1.165) is 6.42 Å². The number of halogens is 2. The molecule has 2 amide bonds. The van der Waals surface area contributed by atoms with Gasteiger partial charge in [-0.1, -0.05) is 6.42 Å². The van der Waals surface area contributed by atoms with Crippen molar-refractivity contribution in [1.29, 1.82) is 0 Å². The molecular weight excluding hydrogens is 484 g/mol. The number of hydrazone groups is 2. The van der Waals surface area contributed by atoms with E-state index < -0.39 is 0 Å². The number of hydrogen-bond donors (Lipinski definition) is 2. The molecule has 0 aromatic carbocycles. The first-order chi connectivity index (χ1) is 13.0. The van der Waals surface area contributed by atoms with Crippen LogP contribution < -0.4 is 10.9 Å². The van der Waals surface area contributed by atoms with E-state index in [1.165, 1.54) is 12.4 Å². The fourth-order valence-electron chi connectivity index (χ4n) is 1.99. The van der Waals surface area contributed by atoms with Gasteiger partial charge in [0.05, 0.1) is 12.4 Å². The van der Waals surface area contributed by atoms with Crippen molar-refractivity contribution in [1.82, 2.24) is 10.9 Å². The van der Waals surface area contributed by atoms with Gasteiger partial charge in [0, 0.05) is 12.8 Å². The number of nitrogens with zero attached hydrogens (tertiary/aromatic N) is 2. The zero-order valence-corrected chi connectivity index (χ0v) is 17.5. The lowest BCUT2D eigenvalue weighted by atomic mass is 10.1. The molecule has 0 aliphatic carbocycles. The first-order valence-corrected chi connectivity index (χ1v) is 9.76. The predicted molar refractivity (Wildman–Crippen MR) is 107 cm³/mol. The molecular formula is C17H18Br2N4O4. The van der Waals surface area contributed by atoms with Crippen LogP contribution in [0.4, 0.5) is 0 Å². The minimum Gasteiger partial charge on any atom is -0.448 e. The summed E-state index contributed by atoms with van der Waals surface area (Å²) in [5.41, 5.74) is 4.86. The van der Waals surface area contributed by atoms with E-state index in [0.29, 0.717) is 46.5 Å². The van der Waals surface area contributed by atoms with E-state index in [1.807, 2.05) is 0 Å². The summed E-state index contributed by atoms with van der Waals surface area (Å²) in [6, 6.07) is 6.92. The minimum atomic E-state index is -0.185. The van der Waals surface area contributed by atoms with Gasteiger partial charge < -0.3 is 8.83 Å². The molecule has 8 nitrogen and oxygen atoms in total. The van der Waals surface area contributed by atoms with E-state index in [-0.39, 0.29) is 11.8 Å². The number of carbonyl (C=O) groups is 2. The highest BCUT2D eigenvalue weighted by Crippen LogP contribution is 2.12. The van der Waals surface area contributed by atoms with Gasteiger partial charge in [-0.05, 0) is 69.0 Å². The molecule has 0 fully saturated rings. The number of rotatable bonds is 10. The minimum absolute atomic E-state index is 0.185. The second kappa shape index (κ2) is 11.5. The molecule has 0 aliphatic heterocycles. The van der Waals surface area contributed by atoms with Crippen LogP contribution in [0.1, 0.15) is 43.6 Å². The van der Waals surface area contributed by atoms with Gasteiger partial charge in [-0.25, -0.2) is 10.9 Å². The third-order valence-corrected chi connectivity index (χ3v) is 4.11. The lowest BCUT2D eigenvalue weighted by Gasteiger charge is -2.01. The Bertz CT molecular complexity index is 747. The molecule has 2 heterocycles. The molecule has 144 valence electrons. The summed E-state index contributed by atoms with van der Waals surface area (Å²) in [5, 5.41) is 7.62. The second-order valence-electron chi connectivity index (χ2n) is 5.43. The first kappa shape index (κ1) is 21.1. The zero-order valence-electron chi connectivity index (χ0n) is 14.3. The van der Waals surface area contributed by atoms with Crippen molar-refractivity contribution in [2.24, 2.45) is 10.2 Å². The Kier molecular flexibility index (Phi) is 8.99. The number of nitrogens with one attached hydrogen (secondary N) is 2. The van der Waals surface area contributed by atoms with Crippen LogP contribution in [-0.2, 0) is 9.59 Å². The fourth-order valence-corrected chi connectivity index (χ4v) is 2.63. The summed E-state index contributed by atoms with van der Waals surface area (Å²) < 4.78 is 11.6. The van der Waals surface area contributed by atoms with Gasteiger partial charge >= 0.3 is 0 Å². The van der Waals surface area contributed by atoms with Crippen molar-refractivity contribution in [2.75, 3.05) is 0 Å². The maximum Gasteiger partial charge on any atom is 0.240 e. The van der Waals surface area contributed by atoms with Crippen LogP contribution in [0.5, 0.6) is 0 Å². The Hall–Kier alpha value is -2.20. The van der Waals surface area contributed by atoms with Crippen LogP contribution in [-0.4, -0.2) is 24.2 Å². The van der Waals surface area contributed by atoms with Crippen molar-refractivity contribution in [3.8, 4) is 0 Å². The average molecular weight is 502 g/mol. The number of hydrogen-bond acceptors (Lipinski definition) is 6. The van der Waals surface area contributed by atoms with E-state index >= 15 is 0 Å². The molecule has 0 saturated heterocycles. The maximum atomic E-state index is 11.6. The van der Waals surface area contributed by atoms with Crippen LogP contribution in [0.2, 0.25) is 0 Å². The highest BCUT2D eigenvalue weighted by atomic mass is 79.9. The van der Waals surface area contributed by atoms with Gasteiger partial charge in [-0.2, -0.15) is 10.2 Å². The van der Waals surface area contributed by atoms with Gasteiger partial charge in [0.1, 0.15) is 11.5 Å². The smallest absolute Gasteiger partial charge is 0.240 e. The van der Waals surface area contributed by atoms with Crippen LogP contribution in [0.15, 0.2) is 52.6 Å². The molecule has 0 saturated carbocycles. The third-order valence-electron chi connectivity index (χ3n) is 3.26. The van der Waals surface area contributed by atoms with Gasteiger partial charge in [0.15, 0.2) is 9.34 Å². The van der Waals surface area contributed by atoms with Gasteiger partial charge in [0.2, 0.25) is 11.8 Å². The van der Waals surface area contributed by atoms with Crippen molar-refractivity contribution in [3.05, 3.63) is 45.1 Å².